The first-order valence-electron chi connectivity index (χ1n) is 9.10. The van der Waals surface area contributed by atoms with Gasteiger partial charge in [-0.2, -0.15) is 0 Å². The van der Waals surface area contributed by atoms with Crippen molar-refractivity contribution in [2.75, 3.05) is 39.3 Å². The third-order valence-corrected chi connectivity index (χ3v) is 2.94. The molecule has 0 heterocycles. The van der Waals surface area contributed by atoms with Crippen LogP contribution in [0.3, 0.4) is 0 Å². The van der Waals surface area contributed by atoms with Crippen molar-refractivity contribution in [2.24, 2.45) is 17.2 Å². The average Bonchev–Trinajstić information content (AvgIpc) is 2.59. The molecule has 0 rings (SSSR count). The fourth-order valence-electron chi connectivity index (χ4n) is 1.80. The summed E-state index contributed by atoms with van der Waals surface area (Å²) < 4.78 is 0. The second kappa shape index (κ2) is 24.0. The lowest BCUT2D eigenvalue weighted by molar-refractivity contribution is -0.0810. The third-order valence-electron chi connectivity index (χ3n) is 2.94. The van der Waals surface area contributed by atoms with Crippen LogP contribution in [0.25, 0.3) is 0 Å². The van der Waals surface area contributed by atoms with Crippen molar-refractivity contribution in [3.63, 3.8) is 0 Å². The predicted octanol–water partition coefficient (Wildman–Crippen LogP) is 0.00370. The molecule has 0 saturated carbocycles. The topological polar surface area (TPSA) is 134 Å². The quantitative estimate of drug-likeness (QED) is 0.206. The first-order chi connectivity index (χ1) is 11.1. The Morgan fingerprint density at radius 3 is 1.78 bits per heavy atom. The van der Waals surface area contributed by atoms with E-state index in [1.807, 2.05) is 27.7 Å². The number of aliphatic hydroxyl groups excluding tert-OH is 2. The van der Waals surface area contributed by atoms with E-state index in [2.05, 4.69) is 5.32 Å². The zero-order chi connectivity index (χ0) is 18.5. The van der Waals surface area contributed by atoms with Crippen molar-refractivity contribution in [1.29, 1.82) is 0 Å². The van der Waals surface area contributed by atoms with Crippen LogP contribution in [0.4, 0.5) is 0 Å². The van der Waals surface area contributed by atoms with E-state index in [4.69, 9.17) is 17.2 Å². The van der Waals surface area contributed by atoms with Crippen LogP contribution in [0.1, 0.15) is 53.4 Å². The van der Waals surface area contributed by atoms with Gasteiger partial charge in [0.05, 0.1) is 0 Å². The number of aliphatic hydroxyl groups is 2. The lowest BCUT2D eigenvalue weighted by Crippen LogP contribution is -2.48. The van der Waals surface area contributed by atoms with Crippen molar-refractivity contribution in [2.45, 2.75) is 65.8 Å². The second-order valence-electron chi connectivity index (χ2n) is 4.68. The molecule has 7 heteroatoms. The maximum atomic E-state index is 9.77. The Bertz CT molecular complexity index is 197. The molecule has 0 aliphatic rings. The fraction of sp³-hybridized carbons (Fsp3) is 1.00. The summed E-state index contributed by atoms with van der Waals surface area (Å²) in [5.41, 5.74) is 16.2. The molecule has 0 aromatic heterocycles. The summed E-state index contributed by atoms with van der Waals surface area (Å²) in [6.07, 6.45) is 1.46. The number of hydrogen-bond acceptors (Lipinski definition) is 7. The highest BCUT2D eigenvalue weighted by atomic mass is 16.4. The Hall–Kier alpha value is -0.280. The van der Waals surface area contributed by atoms with Gasteiger partial charge in [-0.3, -0.25) is 4.90 Å². The van der Waals surface area contributed by atoms with E-state index in [1.165, 1.54) is 0 Å². The zero-order valence-corrected chi connectivity index (χ0v) is 15.8. The molecule has 0 aromatic rings. The molecule has 0 fully saturated rings. The third kappa shape index (κ3) is 19.7. The molecule has 2 unspecified atom stereocenters. The number of nitrogens with two attached hydrogens (primary N) is 3. The molecule has 0 saturated heterocycles. The van der Waals surface area contributed by atoms with E-state index in [0.29, 0.717) is 26.2 Å². The Labute approximate surface area is 143 Å². The minimum Gasteiger partial charge on any atom is -0.375 e. The van der Waals surface area contributed by atoms with E-state index in [-0.39, 0.29) is 0 Å². The first-order valence-corrected chi connectivity index (χ1v) is 9.10. The minimum atomic E-state index is -1.24. The van der Waals surface area contributed by atoms with Gasteiger partial charge >= 0.3 is 0 Å². The lowest BCUT2D eigenvalue weighted by Gasteiger charge is -2.29. The molecule has 0 radical (unpaired) electrons. The van der Waals surface area contributed by atoms with Crippen LogP contribution in [0.5, 0.6) is 0 Å². The van der Waals surface area contributed by atoms with Gasteiger partial charge in [-0.1, -0.05) is 27.7 Å². The normalized spacial score (nSPS) is 12.8. The highest BCUT2D eigenvalue weighted by Crippen LogP contribution is 2.03. The minimum absolute atomic E-state index is 0.560. The second-order valence-corrected chi connectivity index (χ2v) is 4.68. The summed E-state index contributed by atoms with van der Waals surface area (Å²) in [4.78, 5) is 1.78. The molecule has 0 aliphatic carbocycles. The van der Waals surface area contributed by atoms with E-state index in [0.717, 1.165) is 38.8 Å². The standard InChI is InChI=1S/C12H31N5O2.2C2H6/c13-5-3-8-16-7-1-2-9-17(10-4-6-14)12(19)11(15)18;2*1-2/h11-12,16,18-19H,1-10,13-15H2;2*1-2H3. The highest BCUT2D eigenvalue weighted by Gasteiger charge is 2.19. The van der Waals surface area contributed by atoms with E-state index in [9.17, 15) is 10.2 Å². The molecule has 9 N–H and O–H groups in total. The number of nitrogens with one attached hydrogen (secondary N) is 1. The van der Waals surface area contributed by atoms with Crippen LogP contribution in [-0.2, 0) is 0 Å². The highest BCUT2D eigenvalue weighted by molar-refractivity contribution is 4.66. The zero-order valence-electron chi connectivity index (χ0n) is 15.8. The predicted molar refractivity (Wildman–Crippen MR) is 99.9 cm³/mol. The molecule has 7 nitrogen and oxygen atoms in total. The molecule has 144 valence electrons. The lowest BCUT2D eigenvalue weighted by atomic mass is 10.2. The number of unbranched alkanes of at least 4 members (excludes halogenated alkanes) is 1. The smallest absolute Gasteiger partial charge is 0.146 e. The molecule has 0 aliphatic heterocycles. The molecule has 0 amide bonds. The van der Waals surface area contributed by atoms with Crippen LogP contribution in [0.2, 0.25) is 0 Å². The van der Waals surface area contributed by atoms with Crippen LogP contribution in [-0.4, -0.2) is 66.8 Å². The Kier molecular flexibility index (Phi) is 28.7. The molecule has 0 spiro atoms. The number of rotatable bonds is 13. The molecule has 2 atom stereocenters. The number of nitrogens with zero attached hydrogens (tertiary/aromatic N) is 1. The fourth-order valence-corrected chi connectivity index (χ4v) is 1.80. The summed E-state index contributed by atoms with van der Waals surface area (Å²) >= 11 is 0. The Morgan fingerprint density at radius 1 is 0.826 bits per heavy atom. The summed E-state index contributed by atoms with van der Waals surface area (Å²) in [6.45, 7) is 12.5. The molecular weight excluding hydrogens is 294 g/mol. The summed E-state index contributed by atoms with van der Waals surface area (Å²) in [6, 6.07) is 0. The average molecular weight is 338 g/mol. The van der Waals surface area contributed by atoms with Gasteiger partial charge in [-0.15, -0.1) is 0 Å². The van der Waals surface area contributed by atoms with E-state index < -0.39 is 12.5 Å². The van der Waals surface area contributed by atoms with Gasteiger partial charge in [0.25, 0.3) is 0 Å². The van der Waals surface area contributed by atoms with Crippen molar-refractivity contribution >= 4 is 0 Å². The molecule has 23 heavy (non-hydrogen) atoms. The summed E-state index contributed by atoms with van der Waals surface area (Å²) in [5, 5.41) is 22.3. The van der Waals surface area contributed by atoms with Gasteiger partial charge in [-0.25, -0.2) is 0 Å². The molecule has 0 aromatic carbocycles. The Morgan fingerprint density at radius 2 is 1.30 bits per heavy atom. The van der Waals surface area contributed by atoms with E-state index >= 15 is 0 Å². The maximum Gasteiger partial charge on any atom is 0.146 e. The monoisotopic (exact) mass is 337 g/mol. The summed E-state index contributed by atoms with van der Waals surface area (Å²) in [5.74, 6) is 0. The van der Waals surface area contributed by atoms with Gasteiger partial charge in [0.2, 0.25) is 0 Å². The van der Waals surface area contributed by atoms with Gasteiger partial charge < -0.3 is 32.7 Å². The van der Waals surface area contributed by atoms with Crippen molar-refractivity contribution < 1.29 is 10.2 Å². The largest absolute Gasteiger partial charge is 0.375 e. The van der Waals surface area contributed by atoms with Gasteiger partial charge in [0.1, 0.15) is 12.5 Å². The maximum absolute atomic E-state index is 9.77. The SMILES string of the molecule is CC.CC.NCCCNCCCCN(CCCN)C(O)C(N)O. The van der Waals surface area contributed by atoms with Crippen molar-refractivity contribution in [3.05, 3.63) is 0 Å². The van der Waals surface area contributed by atoms with Crippen LogP contribution >= 0.6 is 0 Å². The van der Waals surface area contributed by atoms with Gasteiger partial charge in [0.15, 0.2) is 0 Å². The molecular formula is C16H43N5O2. The van der Waals surface area contributed by atoms with Crippen molar-refractivity contribution in [1.82, 2.24) is 10.2 Å². The van der Waals surface area contributed by atoms with Crippen molar-refractivity contribution in [3.8, 4) is 0 Å². The molecule has 0 bridgehead atoms. The summed E-state index contributed by atoms with van der Waals surface area (Å²) in [7, 11) is 0. The van der Waals surface area contributed by atoms with Crippen LogP contribution < -0.4 is 22.5 Å². The van der Waals surface area contributed by atoms with Crippen LogP contribution in [0.15, 0.2) is 0 Å². The van der Waals surface area contributed by atoms with Gasteiger partial charge in [-0.05, 0) is 51.9 Å². The first kappa shape index (κ1) is 27.6. The van der Waals surface area contributed by atoms with Gasteiger partial charge in [0, 0.05) is 13.1 Å². The number of hydrogen-bond donors (Lipinski definition) is 6. The van der Waals surface area contributed by atoms with E-state index in [1.54, 1.807) is 4.90 Å². The van der Waals surface area contributed by atoms with Crippen LogP contribution in [0, 0.1) is 0 Å². The Balaban J connectivity index is -0.000000919.